The summed E-state index contributed by atoms with van der Waals surface area (Å²) >= 11 is 6.00. The van der Waals surface area contributed by atoms with Gasteiger partial charge in [0.05, 0.1) is 12.6 Å². The first-order valence-corrected chi connectivity index (χ1v) is 7.26. The van der Waals surface area contributed by atoms with Gasteiger partial charge in [0.25, 0.3) is 0 Å². The quantitative estimate of drug-likeness (QED) is 0.762. The lowest BCUT2D eigenvalue weighted by Crippen LogP contribution is -2.14. The Morgan fingerprint density at radius 2 is 2.00 bits per heavy atom. The van der Waals surface area contributed by atoms with E-state index in [1.165, 1.54) is 18.5 Å². The van der Waals surface area contributed by atoms with Gasteiger partial charge in [-0.05, 0) is 42.0 Å². The number of halogens is 1. The van der Waals surface area contributed by atoms with E-state index in [1.807, 2.05) is 12.1 Å². The molecule has 2 aromatic carbocycles. The van der Waals surface area contributed by atoms with Gasteiger partial charge in [-0.15, -0.1) is 0 Å². The lowest BCUT2D eigenvalue weighted by molar-refractivity contribution is -0.115. The van der Waals surface area contributed by atoms with E-state index in [4.69, 9.17) is 16.0 Å². The van der Waals surface area contributed by atoms with Crippen LogP contribution in [0, 0.1) is 0 Å². The molecule has 2 N–H and O–H groups in total. The third-order valence-electron chi connectivity index (χ3n) is 3.27. The molecule has 1 amide bonds. The first-order valence-electron chi connectivity index (χ1n) is 6.88. The Kier molecular flexibility index (Phi) is 4.30. The lowest BCUT2D eigenvalue weighted by Gasteiger charge is -2.07. The second-order valence-electron chi connectivity index (χ2n) is 4.94. The molecular weight excluding hydrogens is 316 g/mol. The molecule has 116 valence electrons. The number of rotatable bonds is 4. The van der Waals surface area contributed by atoms with E-state index < -0.39 is 0 Å². The third kappa shape index (κ3) is 3.70. The minimum Gasteiger partial charge on any atom is -0.508 e. The largest absolute Gasteiger partial charge is 0.508 e. The number of nitrogens with one attached hydrogen (secondary N) is 1. The number of oxazole rings is 1. The molecule has 1 aromatic heterocycles. The first kappa shape index (κ1) is 15.1. The summed E-state index contributed by atoms with van der Waals surface area (Å²) in [5, 5.41) is 12.5. The second kappa shape index (κ2) is 6.54. The molecule has 0 fully saturated rings. The Hall–Kier alpha value is -2.79. The van der Waals surface area contributed by atoms with Crippen molar-refractivity contribution in [2.45, 2.75) is 6.42 Å². The van der Waals surface area contributed by atoms with Crippen LogP contribution in [0.15, 0.2) is 59.5 Å². The number of phenols is 1. The van der Waals surface area contributed by atoms with Crippen molar-refractivity contribution in [3.8, 4) is 17.1 Å². The molecule has 0 unspecified atom stereocenters. The molecule has 0 atom stereocenters. The Balaban J connectivity index is 1.66. The molecular formula is C17H13ClN2O3. The van der Waals surface area contributed by atoms with Crippen LogP contribution in [0.5, 0.6) is 5.75 Å². The lowest BCUT2D eigenvalue weighted by atomic mass is 10.1. The van der Waals surface area contributed by atoms with Crippen molar-refractivity contribution in [2.24, 2.45) is 0 Å². The van der Waals surface area contributed by atoms with Crippen molar-refractivity contribution in [1.29, 1.82) is 0 Å². The molecule has 0 aliphatic heterocycles. The SMILES string of the molecule is O=C(Cc1ccc(O)cc1Cl)Nc1ccc(-c2cnco2)cc1. The van der Waals surface area contributed by atoms with Crippen LogP contribution >= 0.6 is 11.6 Å². The van der Waals surface area contributed by atoms with Crippen LogP contribution in [0.2, 0.25) is 5.02 Å². The Morgan fingerprint density at radius 3 is 2.65 bits per heavy atom. The van der Waals surface area contributed by atoms with Crippen molar-refractivity contribution in [3.63, 3.8) is 0 Å². The van der Waals surface area contributed by atoms with Crippen LogP contribution in [0.1, 0.15) is 5.56 Å². The van der Waals surface area contributed by atoms with E-state index in [0.29, 0.717) is 22.0 Å². The molecule has 0 radical (unpaired) electrons. The molecule has 1 heterocycles. The summed E-state index contributed by atoms with van der Waals surface area (Å²) in [6, 6.07) is 11.8. The maximum absolute atomic E-state index is 12.1. The third-order valence-corrected chi connectivity index (χ3v) is 3.63. The van der Waals surface area contributed by atoms with E-state index in [1.54, 1.807) is 24.4 Å². The smallest absolute Gasteiger partial charge is 0.228 e. The molecule has 23 heavy (non-hydrogen) atoms. The fourth-order valence-electron chi connectivity index (χ4n) is 2.13. The fourth-order valence-corrected chi connectivity index (χ4v) is 2.38. The Morgan fingerprint density at radius 1 is 1.22 bits per heavy atom. The highest BCUT2D eigenvalue weighted by atomic mass is 35.5. The van der Waals surface area contributed by atoms with Gasteiger partial charge < -0.3 is 14.8 Å². The predicted molar refractivity (Wildman–Crippen MR) is 87.4 cm³/mol. The molecule has 0 spiro atoms. The van der Waals surface area contributed by atoms with Crippen molar-refractivity contribution < 1.29 is 14.3 Å². The van der Waals surface area contributed by atoms with Crippen LogP contribution in [-0.4, -0.2) is 16.0 Å². The number of benzene rings is 2. The molecule has 0 saturated carbocycles. The van der Waals surface area contributed by atoms with Gasteiger partial charge in [0.15, 0.2) is 12.2 Å². The predicted octanol–water partition coefficient (Wildman–Crippen LogP) is 3.88. The summed E-state index contributed by atoms with van der Waals surface area (Å²) in [4.78, 5) is 15.9. The maximum atomic E-state index is 12.1. The summed E-state index contributed by atoms with van der Waals surface area (Å²) in [7, 11) is 0. The number of carbonyl (C=O) groups is 1. The number of carbonyl (C=O) groups excluding carboxylic acids is 1. The zero-order valence-electron chi connectivity index (χ0n) is 12.0. The molecule has 6 heteroatoms. The monoisotopic (exact) mass is 328 g/mol. The first-order chi connectivity index (χ1) is 11.1. The molecule has 0 saturated heterocycles. The maximum Gasteiger partial charge on any atom is 0.228 e. The van der Waals surface area contributed by atoms with Gasteiger partial charge in [-0.25, -0.2) is 4.98 Å². The van der Waals surface area contributed by atoms with E-state index in [2.05, 4.69) is 10.3 Å². The normalized spacial score (nSPS) is 10.5. The highest BCUT2D eigenvalue weighted by molar-refractivity contribution is 6.31. The van der Waals surface area contributed by atoms with Gasteiger partial charge in [0.1, 0.15) is 5.75 Å². The Labute approximate surface area is 137 Å². The van der Waals surface area contributed by atoms with E-state index in [0.717, 1.165) is 5.56 Å². The van der Waals surface area contributed by atoms with Gasteiger partial charge in [0, 0.05) is 16.3 Å². The standard InChI is InChI=1S/C17H13ClN2O3/c18-15-8-14(21)6-3-12(15)7-17(22)20-13-4-1-11(2-5-13)16-9-19-10-23-16/h1-6,8-10,21H,7H2,(H,20,22). The van der Waals surface area contributed by atoms with Crippen LogP contribution in [-0.2, 0) is 11.2 Å². The molecule has 0 aliphatic rings. The van der Waals surface area contributed by atoms with Gasteiger partial charge in [-0.2, -0.15) is 0 Å². The average molecular weight is 329 g/mol. The second-order valence-corrected chi connectivity index (χ2v) is 5.35. The molecule has 5 nitrogen and oxygen atoms in total. The van der Waals surface area contributed by atoms with E-state index in [-0.39, 0.29) is 18.1 Å². The number of hydrogen-bond donors (Lipinski definition) is 2. The van der Waals surface area contributed by atoms with Crippen LogP contribution in [0.25, 0.3) is 11.3 Å². The van der Waals surface area contributed by atoms with E-state index >= 15 is 0 Å². The number of nitrogens with zero attached hydrogens (tertiary/aromatic N) is 1. The number of phenolic OH excluding ortho intramolecular Hbond substituents is 1. The number of aromatic hydroxyl groups is 1. The van der Waals surface area contributed by atoms with Crippen molar-refractivity contribution in [3.05, 3.63) is 65.6 Å². The van der Waals surface area contributed by atoms with Gasteiger partial charge >= 0.3 is 0 Å². The van der Waals surface area contributed by atoms with Crippen LogP contribution < -0.4 is 5.32 Å². The highest BCUT2D eigenvalue weighted by Gasteiger charge is 2.09. The topological polar surface area (TPSA) is 75.4 Å². The summed E-state index contributed by atoms with van der Waals surface area (Å²) in [6.45, 7) is 0. The van der Waals surface area contributed by atoms with Crippen molar-refractivity contribution in [1.82, 2.24) is 4.98 Å². The Bertz CT molecular complexity index is 814. The van der Waals surface area contributed by atoms with Crippen molar-refractivity contribution >= 4 is 23.2 Å². The zero-order chi connectivity index (χ0) is 16.2. The summed E-state index contributed by atoms with van der Waals surface area (Å²) in [5.41, 5.74) is 2.20. The van der Waals surface area contributed by atoms with Gasteiger partial charge in [-0.3, -0.25) is 4.79 Å². The molecule has 0 bridgehead atoms. The van der Waals surface area contributed by atoms with Crippen molar-refractivity contribution in [2.75, 3.05) is 5.32 Å². The summed E-state index contributed by atoms with van der Waals surface area (Å²) < 4.78 is 5.21. The summed E-state index contributed by atoms with van der Waals surface area (Å²) in [6.07, 6.45) is 3.12. The molecule has 0 aliphatic carbocycles. The zero-order valence-corrected chi connectivity index (χ0v) is 12.7. The van der Waals surface area contributed by atoms with Gasteiger partial charge in [-0.1, -0.05) is 17.7 Å². The fraction of sp³-hybridized carbons (Fsp3) is 0.0588. The minimum atomic E-state index is -0.190. The average Bonchev–Trinajstić information content (AvgIpc) is 3.05. The number of hydrogen-bond acceptors (Lipinski definition) is 4. The summed E-state index contributed by atoms with van der Waals surface area (Å²) in [5.74, 6) is 0.547. The number of anilines is 1. The molecule has 3 aromatic rings. The minimum absolute atomic E-state index is 0.0714. The number of amides is 1. The molecule has 3 rings (SSSR count). The van der Waals surface area contributed by atoms with Gasteiger partial charge in [0.2, 0.25) is 5.91 Å². The van der Waals surface area contributed by atoms with Crippen LogP contribution in [0.4, 0.5) is 5.69 Å². The number of aromatic nitrogens is 1. The highest BCUT2D eigenvalue weighted by Crippen LogP contribution is 2.23. The van der Waals surface area contributed by atoms with E-state index in [9.17, 15) is 9.90 Å². The van der Waals surface area contributed by atoms with Crippen LogP contribution in [0.3, 0.4) is 0 Å².